The predicted octanol–water partition coefficient (Wildman–Crippen LogP) is 3.48. The molecule has 0 unspecified atom stereocenters. The van der Waals surface area contributed by atoms with Crippen LogP contribution in [0.1, 0.15) is 55.6 Å². The van der Waals surface area contributed by atoms with Crippen molar-refractivity contribution in [1.82, 2.24) is 9.47 Å². The number of anilines is 1. The van der Waals surface area contributed by atoms with Gasteiger partial charge < -0.3 is 14.8 Å². The Morgan fingerprint density at radius 1 is 1.03 bits per heavy atom. The second-order valence-corrected chi connectivity index (χ2v) is 9.74. The number of hydrogen-bond acceptors (Lipinski definition) is 3. The topological polar surface area (TPSA) is 71.4 Å². The van der Waals surface area contributed by atoms with Gasteiger partial charge in [-0.05, 0) is 42.0 Å². The van der Waals surface area contributed by atoms with E-state index in [0.717, 1.165) is 12.1 Å². The van der Waals surface area contributed by atoms with Gasteiger partial charge in [0.15, 0.2) is 0 Å². The van der Waals surface area contributed by atoms with E-state index in [4.69, 9.17) is 0 Å². The second kappa shape index (κ2) is 7.74. The van der Waals surface area contributed by atoms with E-state index in [1.54, 1.807) is 34.9 Å². The minimum absolute atomic E-state index is 0.0374. The van der Waals surface area contributed by atoms with Gasteiger partial charge in [0.05, 0.1) is 0 Å². The lowest BCUT2D eigenvalue weighted by molar-refractivity contribution is -0.135. The number of piperidine rings is 1. The molecule has 6 heteroatoms. The summed E-state index contributed by atoms with van der Waals surface area (Å²) in [7, 11) is 0. The Balaban J connectivity index is 1.54. The van der Waals surface area contributed by atoms with E-state index < -0.39 is 0 Å². The molecule has 158 valence electrons. The van der Waals surface area contributed by atoms with Gasteiger partial charge in [-0.1, -0.05) is 39.0 Å². The zero-order valence-corrected chi connectivity index (χ0v) is 17.9. The highest BCUT2D eigenvalue weighted by molar-refractivity contribution is 6.04. The summed E-state index contributed by atoms with van der Waals surface area (Å²) in [6.07, 6.45) is 1.53. The van der Waals surface area contributed by atoms with Crippen molar-refractivity contribution in [3.63, 3.8) is 0 Å². The third kappa shape index (κ3) is 4.18. The van der Waals surface area contributed by atoms with Crippen LogP contribution in [0.2, 0.25) is 0 Å². The van der Waals surface area contributed by atoms with Crippen molar-refractivity contribution in [2.75, 3.05) is 18.4 Å². The van der Waals surface area contributed by atoms with E-state index in [1.807, 2.05) is 17.0 Å². The van der Waals surface area contributed by atoms with Crippen molar-refractivity contribution in [2.45, 2.75) is 46.1 Å². The van der Waals surface area contributed by atoms with Gasteiger partial charge in [-0.3, -0.25) is 14.4 Å². The molecule has 2 aromatic rings. The fraction of sp³-hybridized carbons (Fsp3) is 0.458. The number of amides is 2. The number of aromatic nitrogens is 1. The number of fused-ring (bicyclic) bond motifs is 4. The first-order valence-corrected chi connectivity index (χ1v) is 10.6. The Bertz CT molecular complexity index is 1020. The minimum Gasteiger partial charge on any atom is -0.342 e. The highest BCUT2D eigenvalue weighted by Gasteiger charge is 2.37. The SMILES string of the molecule is CC(C)(C)CC(=O)N1C[C@H]2C[C@H](C1)c1ccc(NC(=O)c3ccccc3)c(=O)n1C2. The molecule has 1 fully saturated rings. The van der Waals surface area contributed by atoms with Crippen LogP contribution in [0, 0.1) is 11.3 Å². The Morgan fingerprint density at radius 3 is 2.47 bits per heavy atom. The fourth-order valence-electron chi connectivity index (χ4n) is 4.59. The van der Waals surface area contributed by atoms with Crippen LogP contribution in [0.15, 0.2) is 47.3 Å². The molecule has 4 rings (SSSR count). The van der Waals surface area contributed by atoms with E-state index in [2.05, 4.69) is 26.1 Å². The highest BCUT2D eigenvalue weighted by atomic mass is 16.2. The minimum atomic E-state index is -0.289. The molecule has 1 aromatic carbocycles. The number of rotatable bonds is 3. The zero-order valence-electron chi connectivity index (χ0n) is 17.9. The number of pyridine rings is 1. The molecule has 0 saturated carbocycles. The van der Waals surface area contributed by atoms with Gasteiger partial charge in [0.25, 0.3) is 11.5 Å². The molecule has 2 aliphatic heterocycles. The molecule has 1 N–H and O–H groups in total. The van der Waals surface area contributed by atoms with Gasteiger partial charge in [0.1, 0.15) is 5.69 Å². The van der Waals surface area contributed by atoms with Crippen molar-refractivity contribution in [1.29, 1.82) is 0 Å². The Labute approximate surface area is 176 Å². The number of nitrogens with zero attached hydrogens (tertiary/aromatic N) is 2. The largest absolute Gasteiger partial charge is 0.342 e. The molecule has 2 aliphatic rings. The molecule has 3 heterocycles. The lowest BCUT2D eigenvalue weighted by Gasteiger charge is -2.43. The molecule has 0 radical (unpaired) electrons. The molecule has 0 aliphatic carbocycles. The van der Waals surface area contributed by atoms with Gasteiger partial charge >= 0.3 is 0 Å². The van der Waals surface area contributed by atoms with Crippen molar-refractivity contribution in [2.24, 2.45) is 11.3 Å². The van der Waals surface area contributed by atoms with E-state index >= 15 is 0 Å². The maximum Gasteiger partial charge on any atom is 0.274 e. The zero-order chi connectivity index (χ0) is 21.5. The van der Waals surface area contributed by atoms with Crippen LogP contribution >= 0.6 is 0 Å². The summed E-state index contributed by atoms with van der Waals surface area (Å²) in [5.41, 5.74) is 1.57. The van der Waals surface area contributed by atoms with Crippen LogP contribution in [0.4, 0.5) is 5.69 Å². The first-order valence-electron chi connectivity index (χ1n) is 10.6. The third-order valence-electron chi connectivity index (χ3n) is 5.92. The number of benzene rings is 1. The summed E-state index contributed by atoms with van der Waals surface area (Å²) >= 11 is 0. The van der Waals surface area contributed by atoms with Crippen molar-refractivity contribution in [3.8, 4) is 0 Å². The average Bonchev–Trinajstić information content (AvgIpc) is 2.69. The molecule has 2 bridgehead atoms. The summed E-state index contributed by atoms with van der Waals surface area (Å²) < 4.78 is 1.80. The molecule has 2 amide bonds. The highest BCUT2D eigenvalue weighted by Crippen LogP contribution is 2.36. The summed E-state index contributed by atoms with van der Waals surface area (Å²) in [6, 6.07) is 12.5. The van der Waals surface area contributed by atoms with E-state index in [-0.39, 0.29) is 34.6 Å². The van der Waals surface area contributed by atoms with Crippen LogP contribution in [-0.4, -0.2) is 34.4 Å². The maximum absolute atomic E-state index is 13.1. The summed E-state index contributed by atoms with van der Waals surface area (Å²) in [5.74, 6) is 0.328. The van der Waals surface area contributed by atoms with Gasteiger partial charge in [-0.25, -0.2) is 0 Å². The summed E-state index contributed by atoms with van der Waals surface area (Å²) in [4.78, 5) is 40.3. The van der Waals surface area contributed by atoms with Crippen molar-refractivity contribution in [3.05, 3.63) is 64.1 Å². The summed E-state index contributed by atoms with van der Waals surface area (Å²) in [6.45, 7) is 8.17. The van der Waals surface area contributed by atoms with Gasteiger partial charge in [0, 0.05) is 43.2 Å². The lowest BCUT2D eigenvalue weighted by Crippen LogP contribution is -2.49. The number of carbonyl (C=O) groups excluding carboxylic acids is 2. The number of likely N-dealkylation sites (tertiary alicyclic amines) is 1. The Kier molecular flexibility index (Phi) is 5.26. The normalized spacial score (nSPS) is 20.4. The van der Waals surface area contributed by atoms with Crippen LogP contribution in [0.25, 0.3) is 0 Å². The molecule has 0 spiro atoms. The molecule has 1 saturated heterocycles. The Hall–Kier alpha value is -2.89. The second-order valence-electron chi connectivity index (χ2n) is 9.74. The van der Waals surface area contributed by atoms with Gasteiger partial charge in [0.2, 0.25) is 5.91 Å². The monoisotopic (exact) mass is 407 g/mol. The lowest BCUT2D eigenvalue weighted by atomic mass is 9.82. The van der Waals surface area contributed by atoms with Crippen LogP contribution in [0.3, 0.4) is 0 Å². The van der Waals surface area contributed by atoms with Crippen LogP contribution < -0.4 is 10.9 Å². The van der Waals surface area contributed by atoms with Gasteiger partial charge in [-0.2, -0.15) is 0 Å². The van der Waals surface area contributed by atoms with Gasteiger partial charge in [-0.15, -0.1) is 0 Å². The quantitative estimate of drug-likeness (QED) is 0.847. The number of carbonyl (C=O) groups is 2. The first kappa shape index (κ1) is 20.4. The molecular weight excluding hydrogens is 378 g/mol. The van der Waals surface area contributed by atoms with E-state index in [9.17, 15) is 14.4 Å². The van der Waals surface area contributed by atoms with Crippen molar-refractivity contribution < 1.29 is 9.59 Å². The molecule has 6 nitrogen and oxygen atoms in total. The molecule has 1 aromatic heterocycles. The van der Waals surface area contributed by atoms with E-state index in [0.29, 0.717) is 37.3 Å². The smallest absolute Gasteiger partial charge is 0.274 e. The third-order valence-corrected chi connectivity index (χ3v) is 5.92. The first-order chi connectivity index (χ1) is 14.2. The van der Waals surface area contributed by atoms with Crippen LogP contribution in [-0.2, 0) is 11.3 Å². The van der Waals surface area contributed by atoms with Crippen LogP contribution in [0.5, 0.6) is 0 Å². The van der Waals surface area contributed by atoms with E-state index in [1.165, 1.54) is 0 Å². The fourth-order valence-corrected chi connectivity index (χ4v) is 4.59. The molecule has 30 heavy (non-hydrogen) atoms. The standard InChI is InChI=1S/C24H29N3O3/c1-24(2,3)12-21(28)26-13-16-11-18(15-26)20-10-9-19(23(30)27(20)14-16)25-22(29)17-7-5-4-6-8-17/h4-10,16,18H,11-15H2,1-3H3,(H,25,29)/t16-,18-/m1/s1. The maximum atomic E-state index is 13.1. The predicted molar refractivity (Wildman–Crippen MR) is 117 cm³/mol. The number of nitrogens with one attached hydrogen (secondary N) is 1. The number of hydrogen-bond donors (Lipinski definition) is 1. The summed E-state index contributed by atoms with van der Waals surface area (Å²) in [5, 5.41) is 2.76. The molecular formula is C24H29N3O3. The van der Waals surface area contributed by atoms with Crippen molar-refractivity contribution >= 4 is 17.5 Å². The Morgan fingerprint density at radius 2 is 1.77 bits per heavy atom. The average molecular weight is 408 g/mol. The molecule has 2 atom stereocenters.